The van der Waals surface area contributed by atoms with Gasteiger partial charge in [0, 0.05) is 12.6 Å². The predicted octanol–water partition coefficient (Wildman–Crippen LogP) is 3.30. The summed E-state index contributed by atoms with van der Waals surface area (Å²) in [7, 11) is 0. The number of amides is 1. The smallest absolute Gasteiger partial charge is 0.410 e. The highest BCUT2D eigenvalue weighted by molar-refractivity contribution is 5.94. The van der Waals surface area contributed by atoms with Crippen LogP contribution in [0.15, 0.2) is 0 Å². The molecule has 1 unspecified atom stereocenters. The minimum Gasteiger partial charge on any atom is -0.465 e. The van der Waals surface area contributed by atoms with Crippen LogP contribution < -0.4 is 0 Å². The lowest BCUT2D eigenvalue weighted by molar-refractivity contribution is -0.162. The van der Waals surface area contributed by atoms with Crippen LogP contribution in [0.4, 0.5) is 4.79 Å². The summed E-state index contributed by atoms with van der Waals surface area (Å²) in [6.07, 6.45) is 3.24. The maximum atomic E-state index is 12.5. The molecule has 0 radical (unpaired) electrons. The zero-order chi connectivity index (χ0) is 19.7. The van der Waals surface area contributed by atoms with Crippen molar-refractivity contribution in [2.45, 2.75) is 78.4 Å². The number of rotatable bonds is 7. The molecule has 0 bridgehead atoms. The molecule has 0 aromatic heterocycles. The standard InChI is InChI=1S/C19H33NO6/c1-6-24-16(21)15(17(22)25-7-2)12-11-14-10-8-9-13-20(14)18(23)26-19(3,4)5/h14-15H,6-13H2,1-5H3. The summed E-state index contributed by atoms with van der Waals surface area (Å²) in [4.78, 5) is 38.4. The van der Waals surface area contributed by atoms with Crippen molar-refractivity contribution in [3.63, 3.8) is 0 Å². The Morgan fingerprint density at radius 3 is 2.12 bits per heavy atom. The van der Waals surface area contributed by atoms with E-state index in [1.807, 2.05) is 20.8 Å². The van der Waals surface area contributed by atoms with Gasteiger partial charge in [0.05, 0.1) is 13.2 Å². The molecule has 1 amide bonds. The molecule has 0 N–H and O–H groups in total. The SMILES string of the molecule is CCOC(=O)C(CCC1CCCCN1C(=O)OC(C)(C)C)C(=O)OCC. The van der Waals surface area contributed by atoms with Crippen molar-refractivity contribution < 1.29 is 28.6 Å². The lowest BCUT2D eigenvalue weighted by Crippen LogP contribution is -2.46. The van der Waals surface area contributed by atoms with E-state index in [4.69, 9.17) is 14.2 Å². The van der Waals surface area contributed by atoms with Gasteiger partial charge >= 0.3 is 18.0 Å². The van der Waals surface area contributed by atoms with E-state index >= 15 is 0 Å². The van der Waals surface area contributed by atoms with Gasteiger partial charge in [-0.25, -0.2) is 4.79 Å². The largest absolute Gasteiger partial charge is 0.465 e. The second-order valence-electron chi connectivity index (χ2n) is 7.46. The van der Waals surface area contributed by atoms with Gasteiger partial charge in [-0.15, -0.1) is 0 Å². The first-order chi connectivity index (χ1) is 12.2. The molecule has 0 spiro atoms. The molecule has 7 nitrogen and oxygen atoms in total. The molecule has 7 heteroatoms. The fourth-order valence-electron chi connectivity index (χ4n) is 3.04. The van der Waals surface area contributed by atoms with Gasteiger partial charge in [0.15, 0.2) is 5.92 Å². The quantitative estimate of drug-likeness (QED) is 0.388. The molecule has 1 aliphatic rings. The molecule has 0 aromatic carbocycles. The van der Waals surface area contributed by atoms with Gasteiger partial charge in [0.25, 0.3) is 0 Å². The minimum absolute atomic E-state index is 0.0510. The number of esters is 2. The molecule has 1 atom stereocenters. The molecule has 26 heavy (non-hydrogen) atoms. The molecule has 0 aromatic rings. The van der Waals surface area contributed by atoms with Crippen molar-refractivity contribution in [1.82, 2.24) is 4.90 Å². The Morgan fingerprint density at radius 1 is 1.04 bits per heavy atom. The van der Waals surface area contributed by atoms with E-state index in [2.05, 4.69) is 0 Å². The number of carbonyl (C=O) groups excluding carboxylic acids is 3. The fraction of sp³-hybridized carbons (Fsp3) is 0.842. The van der Waals surface area contributed by atoms with Gasteiger partial charge in [-0.2, -0.15) is 0 Å². The Kier molecular flexibility index (Phi) is 8.88. The Hall–Kier alpha value is -1.79. The van der Waals surface area contributed by atoms with Crippen LogP contribution in [-0.2, 0) is 23.8 Å². The van der Waals surface area contributed by atoms with E-state index in [1.54, 1.807) is 18.7 Å². The number of nitrogens with zero attached hydrogens (tertiary/aromatic N) is 1. The third-order valence-corrected chi connectivity index (χ3v) is 4.19. The van der Waals surface area contributed by atoms with Crippen LogP contribution in [0, 0.1) is 5.92 Å². The third kappa shape index (κ3) is 7.22. The topological polar surface area (TPSA) is 82.1 Å². The molecule has 0 aliphatic carbocycles. The van der Waals surface area contributed by atoms with Crippen LogP contribution in [0.5, 0.6) is 0 Å². The van der Waals surface area contributed by atoms with Gasteiger partial charge in [0.1, 0.15) is 5.60 Å². The van der Waals surface area contributed by atoms with Crippen LogP contribution in [0.25, 0.3) is 0 Å². The Balaban J connectivity index is 2.75. The van der Waals surface area contributed by atoms with E-state index in [0.717, 1.165) is 19.3 Å². The van der Waals surface area contributed by atoms with Crippen molar-refractivity contribution >= 4 is 18.0 Å². The average Bonchev–Trinajstić information content (AvgIpc) is 2.54. The highest BCUT2D eigenvalue weighted by Gasteiger charge is 2.34. The molecule has 0 saturated carbocycles. The first kappa shape index (κ1) is 22.3. The number of ether oxygens (including phenoxy) is 3. The normalized spacial score (nSPS) is 17.8. The summed E-state index contributed by atoms with van der Waals surface area (Å²) in [6, 6.07) is -0.0510. The van der Waals surface area contributed by atoms with E-state index in [0.29, 0.717) is 19.4 Å². The van der Waals surface area contributed by atoms with Crippen LogP contribution in [-0.4, -0.2) is 54.3 Å². The Morgan fingerprint density at radius 2 is 1.62 bits per heavy atom. The second-order valence-corrected chi connectivity index (χ2v) is 7.46. The summed E-state index contributed by atoms with van der Waals surface area (Å²) in [5, 5.41) is 0. The maximum Gasteiger partial charge on any atom is 0.410 e. The highest BCUT2D eigenvalue weighted by Crippen LogP contribution is 2.25. The Labute approximate surface area is 156 Å². The first-order valence-corrected chi connectivity index (χ1v) is 9.52. The average molecular weight is 371 g/mol. The van der Waals surface area contributed by atoms with Crippen molar-refractivity contribution in [2.24, 2.45) is 5.92 Å². The zero-order valence-corrected chi connectivity index (χ0v) is 16.7. The first-order valence-electron chi connectivity index (χ1n) is 9.52. The minimum atomic E-state index is -0.947. The fourth-order valence-corrected chi connectivity index (χ4v) is 3.04. The summed E-state index contributed by atoms with van der Waals surface area (Å²) in [6.45, 7) is 9.95. The number of hydrogen-bond donors (Lipinski definition) is 0. The zero-order valence-electron chi connectivity index (χ0n) is 16.7. The summed E-state index contributed by atoms with van der Waals surface area (Å²) >= 11 is 0. The van der Waals surface area contributed by atoms with Crippen LogP contribution >= 0.6 is 0 Å². The number of piperidine rings is 1. The molecule has 1 heterocycles. The van der Waals surface area contributed by atoms with Gasteiger partial charge in [-0.1, -0.05) is 0 Å². The van der Waals surface area contributed by atoms with Gasteiger partial charge in [0.2, 0.25) is 0 Å². The molecular formula is C19H33NO6. The molecular weight excluding hydrogens is 338 g/mol. The van der Waals surface area contributed by atoms with E-state index in [9.17, 15) is 14.4 Å². The van der Waals surface area contributed by atoms with E-state index in [-0.39, 0.29) is 25.3 Å². The number of hydrogen-bond acceptors (Lipinski definition) is 6. The molecule has 150 valence electrons. The van der Waals surface area contributed by atoms with Crippen LogP contribution in [0.1, 0.15) is 66.7 Å². The maximum absolute atomic E-state index is 12.5. The summed E-state index contributed by atoms with van der Waals surface area (Å²) in [5.41, 5.74) is -0.558. The monoisotopic (exact) mass is 371 g/mol. The molecule has 1 rings (SSSR count). The third-order valence-electron chi connectivity index (χ3n) is 4.19. The predicted molar refractivity (Wildman–Crippen MR) is 96.6 cm³/mol. The molecule has 1 saturated heterocycles. The van der Waals surface area contributed by atoms with Crippen molar-refractivity contribution in [3.8, 4) is 0 Å². The number of carbonyl (C=O) groups is 3. The van der Waals surface area contributed by atoms with Gasteiger partial charge in [-0.05, 0) is 66.7 Å². The second kappa shape index (κ2) is 10.4. The molecule has 1 aliphatic heterocycles. The van der Waals surface area contributed by atoms with Gasteiger partial charge < -0.3 is 19.1 Å². The lowest BCUT2D eigenvalue weighted by atomic mass is 9.93. The van der Waals surface area contributed by atoms with Crippen molar-refractivity contribution in [2.75, 3.05) is 19.8 Å². The highest BCUT2D eigenvalue weighted by atomic mass is 16.6. The van der Waals surface area contributed by atoms with Gasteiger partial charge in [-0.3, -0.25) is 9.59 Å². The molecule has 1 fully saturated rings. The number of likely N-dealkylation sites (tertiary alicyclic amines) is 1. The Bertz CT molecular complexity index is 467. The van der Waals surface area contributed by atoms with Crippen molar-refractivity contribution in [3.05, 3.63) is 0 Å². The lowest BCUT2D eigenvalue weighted by Gasteiger charge is -2.37. The van der Waals surface area contributed by atoms with E-state index in [1.165, 1.54) is 0 Å². The van der Waals surface area contributed by atoms with Crippen molar-refractivity contribution in [1.29, 1.82) is 0 Å². The van der Waals surface area contributed by atoms with E-state index < -0.39 is 23.5 Å². The summed E-state index contributed by atoms with van der Waals surface area (Å²) < 4.78 is 15.5. The summed E-state index contributed by atoms with van der Waals surface area (Å²) in [5.74, 6) is -2.08. The van der Waals surface area contributed by atoms with Crippen LogP contribution in [0.2, 0.25) is 0 Å². The van der Waals surface area contributed by atoms with Crippen LogP contribution in [0.3, 0.4) is 0 Å².